The Bertz CT molecular complexity index is 195. The first kappa shape index (κ1) is 11.5. The van der Waals surface area contributed by atoms with Gasteiger partial charge in [0.15, 0.2) is 0 Å². The van der Waals surface area contributed by atoms with Crippen LogP contribution in [0.5, 0.6) is 0 Å². The summed E-state index contributed by atoms with van der Waals surface area (Å²) in [6, 6.07) is 0. The van der Waals surface area contributed by atoms with Crippen LogP contribution in [0.15, 0.2) is 24.4 Å². The Morgan fingerprint density at radius 2 is 1.64 bits per heavy atom. The summed E-state index contributed by atoms with van der Waals surface area (Å²) < 4.78 is 1.19. The minimum absolute atomic E-state index is 1.19. The van der Waals surface area contributed by atoms with Crippen molar-refractivity contribution in [3.63, 3.8) is 0 Å². The Kier molecular flexibility index (Phi) is 4.95. The molecule has 0 saturated heterocycles. The summed E-state index contributed by atoms with van der Waals surface area (Å²) in [6.07, 6.45) is 14.4. The van der Waals surface area contributed by atoms with E-state index in [4.69, 9.17) is 0 Å². The molecular formula is C13H24N+. The maximum atomic E-state index is 2.39. The van der Waals surface area contributed by atoms with Crippen LogP contribution in [-0.4, -0.2) is 24.1 Å². The zero-order chi connectivity index (χ0) is 10.3. The summed E-state index contributed by atoms with van der Waals surface area (Å²) in [4.78, 5) is 0. The topological polar surface area (TPSA) is 0 Å². The largest absolute Gasteiger partial charge is 0.294 e. The molecule has 1 aliphatic heterocycles. The molecule has 1 heterocycles. The zero-order valence-electron chi connectivity index (χ0n) is 9.71. The fourth-order valence-electron chi connectivity index (χ4n) is 2.03. The first-order valence-corrected chi connectivity index (χ1v) is 6.03. The molecule has 0 spiro atoms. The van der Waals surface area contributed by atoms with E-state index in [9.17, 15) is 0 Å². The Labute approximate surface area is 88.7 Å². The van der Waals surface area contributed by atoms with E-state index in [0.29, 0.717) is 0 Å². The monoisotopic (exact) mass is 194 g/mol. The summed E-state index contributed by atoms with van der Waals surface area (Å²) in [6.45, 7) is 8.39. The molecule has 0 aromatic rings. The van der Waals surface area contributed by atoms with Crippen molar-refractivity contribution in [2.45, 2.75) is 39.5 Å². The molecule has 0 aromatic carbocycles. The SMILES string of the molecule is CCCC[N+]1(CCCC)C=CC=CC1. The highest BCUT2D eigenvalue weighted by molar-refractivity contribution is 5.03. The molecule has 1 aliphatic rings. The van der Waals surface area contributed by atoms with E-state index in [0.717, 1.165) is 0 Å². The molecule has 1 heteroatoms. The van der Waals surface area contributed by atoms with Gasteiger partial charge in [0.2, 0.25) is 0 Å². The Balaban J connectivity index is 2.50. The van der Waals surface area contributed by atoms with Crippen LogP contribution in [-0.2, 0) is 0 Å². The second-order valence-electron chi connectivity index (χ2n) is 4.33. The van der Waals surface area contributed by atoms with E-state index >= 15 is 0 Å². The van der Waals surface area contributed by atoms with Gasteiger partial charge >= 0.3 is 0 Å². The Morgan fingerprint density at radius 1 is 1.00 bits per heavy atom. The van der Waals surface area contributed by atoms with Crippen LogP contribution in [0.1, 0.15) is 39.5 Å². The van der Waals surface area contributed by atoms with Gasteiger partial charge in [-0.3, -0.25) is 4.48 Å². The highest BCUT2D eigenvalue weighted by atomic mass is 15.3. The minimum atomic E-state index is 1.19. The lowest BCUT2D eigenvalue weighted by atomic mass is 10.2. The number of hydrogen-bond acceptors (Lipinski definition) is 0. The van der Waals surface area contributed by atoms with E-state index in [2.05, 4.69) is 38.3 Å². The van der Waals surface area contributed by atoms with E-state index in [1.165, 1.54) is 49.8 Å². The quantitative estimate of drug-likeness (QED) is 0.568. The summed E-state index contributed by atoms with van der Waals surface area (Å²) in [7, 11) is 0. The van der Waals surface area contributed by atoms with Gasteiger partial charge < -0.3 is 0 Å². The maximum absolute atomic E-state index is 2.39. The summed E-state index contributed by atoms with van der Waals surface area (Å²) >= 11 is 0. The van der Waals surface area contributed by atoms with E-state index in [1.54, 1.807) is 0 Å². The molecule has 0 unspecified atom stereocenters. The Morgan fingerprint density at radius 3 is 2.07 bits per heavy atom. The van der Waals surface area contributed by atoms with Gasteiger partial charge in [-0.15, -0.1) is 0 Å². The number of nitrogens with zero attached hydrogens (tertiary/aromatic N) is 1. The third kappa shape index (κ3) is 3.30. The van der Waals surface area contributed by atoms with E-state index in [1.807, 2.05) is 0 Å². The molecule has 0 radical (unpaired) electrons. The molecule has 0 saturated carbocycles. The third-order valence-electron chi connectivity index (χ3n) is 3.03. The molecule has 0 N–H and O–H groups in total. The van der Waals surface area contributed by atoms with Crippen molar-refractivity contribution in [3.05, 3.63) is 24.4 Å². The summed E-state index contributed by atoms with van der Waals surface area (Å²) in [5, 5.41) is 0. The standard InChI is InChI=1S/C13H24N/c1-3-5-10-14(11-6-4-2)12-8-7-9-13-14/h7-9,12H,3-6,10-11,13H2,1-2H3/q+1. The lowest BCUT2D eigenvalue weighted by Crippen LogP contribution is -2.45. The van der Waals surface area contributed by atoms with Gasteiger partial charge in [-0.05, 0) is 25.0 Å². The molecule has 0 bridgehead atoms. The lowest BCUT2D eigenvalue weighted by Gasteiger charge is -2.35. The number of hydrogen-bond donors (Lipinski definition) is 0. The summed E-state index contributed by atoms with van der Waals surface area (Å²) in [5.74, 6) is 0. The smallest absolute Gasteiger partial charge is 0.102 e. The average molecular weight is 194 g/mol. The molecule has 0 fully saturated rings. The van der Waals surface area contributed by atoms with Gasteiger partial charge in [0.1, 0.15) is 6.54 Å². The van der Waals surface area contributed by atoms with Crippen molar-refractivity contribution >= 4 is 0 Å². The number of allylic oxidation sites excluding steroid dienone is 2. The number of rotatable bonds is 6. The van der Waals surface area contributed by atoms with Crippen molar-refractivity contribution in [1.82, 2.24) is 0 Å². The van der Waals surface area contributed by atoms with Crippen LogP contribution in [0.25, 0.3) is 0 Å². The van der Waals surface area contributed by atoms with Gasteiger partial charge in [-0.1, -0.05) is 32.8 Å². The van der Waals surface area contributed by atoms with Crippen LogP contribution in [0.4, 0.5) is 0 Å². The maximum Gasteiger partial charge on any atom is 0.102 e. The van der Waals surface area contributed by atoms with Gasteiger partial charge in [-0.25, -0.2) is 0 Å². The number of quaternary nitrogens is 1. The average Bonchev–Trinajstić information content (AvgIpc) is 2.25. The fourth-order valence-corrected chi connectivity index (χ4v) is 2.03. The highest BCUT2D eigenvalue weighted by Crippen LogP contribution is 2.16. The van der Waals surface area contributed by atoms with Gasteiger partial charge in [-0.2, -0.15) is 0 Å². The molecule has 0 atom stereocenters. The molecule has 0 aliphatic carbocycles. The van der Waals surface area contributed by atoms with Gasteiger partial charge in [0.25, 0.3) is 0 Å². The number of unbranched alkanes of at least 4 members (excludes halogenated alkanes) is 2. The first-order chi connectivity index (χ1) is 6.83. The van der Waals surface area contributed by atoms with Gasteiger partial charge in [0.05, 0.1) is 19.3 Å². The van der Waals surface area contributed by atoms with Crippen molar-refractivity contribution in [1.29, 1.82) is 0 Å². The second kappa shape index (κ2) is 6.02. The molecule has 14 heavy (non-hydrogen) atoms. The fraction of sp³-hybridized carbons (Fsp3) is 0.692. The van der Waals surface area contributed by atoms with Crippen molar-refractivity contribution < 1.29 is 4.48 Å². The van der Waals surface area contributed by atoms with Crippen LogP contribution >= 0.6 is 0 Å². The van der Waals surface area contributed by atoms with Crippen LogP contribution in [0.3, 0.4) is 0 Å². The molecule has 0 amide bonds. The minimum Gasteiger partial charge on any atom is -0.294 e. The predicted octanol–water partition coefficient (Wildman–Crippen LogP) is 3.49. The predicted molar refractivity (Wildman–Crippen MR) is 63.0 cm³/mol. The second-order valence-corrected chi connectivity index (χ2v) is 4.33. The highest BCUT2D eigenvalue weighted by Gasteiger charge is 2.22. The molecule has 1 rings (SSSR count). The molecule has 80 valence electrons. The van der Waals surface area contributed by atoms with E-state index < -0.39 is 0 Å². The first-order valence-electron chi connectivity index (χ1n) is 6.03. The normalized spacial score (nSPS) is 18.7. The van der Waals surface area contributed by atoms with Crippen LogP contribution in [0.2, 0.25) is 0 Å². The zero-order valence-corrected chi connectivity index (χ0v) is 9.71. The van der Waals surface area contributed by atoms with Gasteiger partial charge in [0, 0.05) is 0 Å². The molecule has 1 nitrogen and oxygen atoms in total. The van der Waals surface area contributed by atoms with Crippen molar-refractivity contribution in [3.8, 4) is 0 Å². The van der Waals surface area contributed by atoms with Crippen molar-refractivity contribution in [2.24, 2.45) is 0 Å². The third-order valence-corrected chi connectivity index (χ3v) is 3.03. The van der Waals surface area contributed by atoms with E-state index in [-0.39, 0.29) is 0 Å². The molecular weight excluding hydrogens is 170 g/mol. The van der Waals surface area contributed by atoms with Crippen molar-refractivity contribution in [2.75, 3.05) is 19.6 Å². The lowest BCUT2D eigenvalue weighted by molar-refractivity contribution is -0.874. The van der Waals surface area contributed by atoms with Crippen LogP contribution < -0.4 is 0 Å². The van der Waals surface area contributed by atoms with Crippen LogP contribution in [0, 0.1) is 0 Å². The Hall–Kier alpha value is -0.560. The summed E-state index contributed by atoms with van der Waals surface area (Å²) in [5.41, 5.74) is 0. The molecule has 0 aromatic heterocycles.